The predicted octanol–water partition coefficient (Wildman–Crippen LogP) is 2.76. The minimum Gasteiger partial charge on any atom is -0.371 e. The molecular formula is C16H29N3O. The van der Waals surface area contributed by atoms with Crippen molar-refractivity contribution in [1.29, 1.82) is 0 Å². The van der Waals surface area contributed by atoms with Gasteiger partial charge in [-0.05, 0) is 58.7 Å². The number of aryl methyl sites for hydroxylation is 2. The van der Waals surface area contributed by atoms with Gasteiger partial charge >= 0.3 is 0 Å². The van der Waals surface area contributed by atoms with Crippen molar-refractivity contribution in [3.63, 3.8) is 0 Å². The number of rotatable bonds is 7. The summed E-state index contributed by atoms with van der Waals surface area (Å²) in [6.07, 6.45) is 1.87. The topological polar surface area (TPSA) is 47.0 Å². The third kappa shape index (κ3) is 3.76. The van der Waals surface area contributed by atoms with Gasteiger partial charge in [-0.2, -0.15) is 0 Å². The zero-order valence-corrected chi connectivity index (χ0v) is 14.0. The molecule has 0 amide bonds. The molecule has 1 N–H and O–H groups in total. The largest absolute Gasteiger partial charge is 0.371 e. The number of aromatic nitrogens is 2. The standard InChI is InChI=1S/C16H29N3O/c1-8-16(5,20-7)15-18-12(3)14(13(4)19-15)9-11(2)10-17-6/h11,17H,8-10H2,1-7H3. The lowest BCUT2D eigenvalue weighted by Crippen LogP contribution is -2.28. The Hall–Kier alpha value is -1.00. The molecule has 0 aliphatic rings. The SMILES string of the molecule is CCC(C)(OC)c1nc(C)c(CC(C)CNC)c(C)n1. The van der Waals surface area contributed by atoms with Gasteiger partial charge in [0.2, 0.25) is 0 Å². The van der Waals surface area contributed by atoms with E-state index >= 15 is 0 Å². The lowest BCUT2D eigenvalue weighted by atomic mass is 9.97. The maximum Gasteiger partial charge on any atom is 0.160 e. The van der Waals surface area contributed by atoms with E-state index in [0.717, 1.165) is 36.6 Å². The van der Waals surface area contributed by atoms with Crippen LogP contribution in [0.5, 0.6) is 0 Å². The van der Waals surface area contributed by atoms with Gasteiger partial charge in [-0.15, -0.1) is 0 Å². The Bertz CT molecular complexity index is 418. The fraction of sp³-hybridized carbons (Fsp3) is 0.750. The van der Waals surface area contributed by atoms with Gasteiger partial charge < -0.3 is 10.1 Å². The monoisotopic (exact) mass is 279 g/mol. The number of hydrogen-bond donors (Lipinski definition) is 1. The number of nitrogens with zero attached hydrogens (tertiary/aromatic N) is 2. The van der Waals surface area contributed by atoms with Crippen molar-refractivity contribution in [2.24, 2.45) is 5.92 Å². The summed E-state index contributed by atoms with van der Waals surface area (Å²) in [5.41, 5.74) is 3.02. The zero-order valence-electron chi connectivity index (χ0n) is 14.0. The summed E-state index contributed by atoms with van der Waals surface area (Å²) in [5.74, 6) is 1.37. The van der Waals surface area contributed by atoms with Crippen LogP contribution in [0.25, 0.3) is 0 Å². The van der Waals surface area contributed by atoms with E-state index in [1.165, 1.54) is 5.56 Å². The molecule has 0 saturated heterocycles. The van der Waals surface area contributed by atoms with Crippen LogP contribution in [0.2, 0.25) is 0 Å². The molecule has 0 aliphatic carbocycles. The zero-order chi connectivity index (χ0) is 15.3. The summed E-state index contributed by atoms with van der Waals surface area (Å²) >= 11 is 0. The predicted molar refractivity (Wildman–Crippen MR) is 83.0 cm³/mol. The first-order valence-corrected chi connectivity index (χ1v) is 7.42. The summed E-state index contributed by atoms with van der Waals surface area (Å²) in [5, 5.41) is 3.22. The minimum absolute atomic E-state index is 0.398. The lowest BCUT2D eigenvalue weighted by molar-refractivity contribution is -0.00928. The molecule has 0 aromatic carbocycles. The minimum atomic E-state index is -0.398. The van der Waals surface area contributed by atoms with E-state index < -0.39 is 5.60 Å². The van der Waals surface area contributed by atoms with Gasteiger partial charge in [0.25, 0.3) is 0 Å². The van der Waals surface area contributed by atoms with Crippen LogP contribution < -0.4 is 5.32 Å². The molecule has 1 aromatic heterocycles. The second kappa shape index (κ2) is 7.14. The molecule has 0 radical (unpaired) electrons. The molecule has 0 spiro atoms. The smallest absolute Gasteiger partial charge is 0.160 e. The lowest BCUT2D eigenvalue weighted by Gasteiger charge is -2.26. The quantitative estimate of drug-likeness (QED) is 0.833. The first-order valence-electron chi connectivity index (χ1n) is 7.42. The van der Waals surface area contributed by atoms with Crippen LogP contribution in [0.3, 0.4) is 0 Å². The molecule has 2 unspecified atom stereocenters. The summed E-state index contributed by atoms with van der Waals surface area (Å²) in [6.45, 7) is 11.5. The van der Waals surface area contributed by atoms with E-state index in [-0.39, 0.29) is 0 Å². The van der Waals surface area contributed by atoms with Gasteiger partial charge in [0.05, 0.1) is 0 Å². The van der Waals surface area contributed by atoms with Gasteiger partial charge in [-0.25, -0.2) is 9.97 Å². The molecule has 20 heavy (non-hydrogen) atoms. The average Bonchev–Trinajstić information content (AvgIpc) is 2.42. The Balaban J connectivity index is 3.09. The second-order valence-corrected chi connectivity index (χ2v) is 5.85. The van der Waals surface area contributed by atoms with Crippen LogP contribution in [-0.4, -0.2) is 30.7 Å². The molecule has 0 fully saturated rings. The van der Waals surface area contributed by atoms with Crippen LogP contribution in [0.15, 0.2) is 0 Å². The Morgan fingerprint density at radius 1 is 1.25 bits per heavy atom. The molecule has 0 bridgehead atoms. The van der Waals surface area contributed by atoms with Crippen molar-refractivity contribution in [3.8, 4) is 0 Å². The first kappa shape index (κ1) is 17.1. The normalized spacial score (nSPS) is 15.9. The summed E-state index contributed by atoms with van der Waals surface area (Å²) in [6, 6.07) is 0. The van der Waals surface area contributed by atoms with Crippen LogP contribution in [0.4, 0.5) is 0 Å². The Morgan fingerprint density at radius 3 is 2.20 bits per heavy atom. The van der Waals surface area contributed by atoms with E-state index in [1.54, 1.807) is 7.11 Å². The number of hydrogen-bond acceptors (Lipinski definition) is 4. The maximum absolute atomic E-state index is 5.61. The van der Waals surface area contributed by atoms with Crippen molar-refractivity contribution in [2.75, 3.05) is 20.7 Å². The molecule has 4 heteroatoms. The molecular weight excluding hydrogens is 250 g/mol. The van der Waals surface area contributed by atoms with Crippen LogP contribution in [0, 0.1) is 19.8 Å². The van der Waals surface area contributed by atoms with Gasteiger partial charge in [-0.3, -0.25) is 0 Å². The highest BCUT2D eigenvalue weighted by Crippen LogP contribution is 2.27. The third-order valence-electron chi connectivity index (χ3n) is 4.12. The van der Waals surface area contributed by atoms with Crippen molar-refractivity contribution >= 4 is 0 Å². The molecule has 4 nitrogen and oxygen atoms in total. The van der Waals surface area contributed by atoms with E-state index in [2.05, 4.69) is 33.0 Å². The van der Waals surface area contributed by atoms with E-state index in [0.29, 0.717) is 5.92 Å². The van der Waals surface area contributed by atoms with E-state index in [4.69, 9.17) is 14.7 Å². The van der Waals surface area contributed by atoms with Gasteiger partial charge in [0.15, 0.2) is 5.82 Å². The van der Waals surface area contributed by atoms with Crippen molar-refractivity contribution in [1.82, 2.24) is 15.3 Å². The number of methoxy groups -OCH3 is 1. The molecule has 114 valence electrons. The Labute approximate surface area is 123 Å². The highest BCUT2D eigenvalue weighted by molar-refractivity contribution is 5.26. The first-order chi connectivity index (χ1) is 9.37. The summed E-state index contributed by atoms with van der Waals surface area (Å²) in [4.78, 5) is 9.41. The molecule has 2 atom stereocenters. The highest BCUT2D eigenvalue weighted by atomic mass is 16.5. The van der Waals surface area contributed by atoms with Gasteiger partial charge in [0.1, 0.15) is 5.60 Å². The average molecular weight is 279 g/mol. The number of nitrogens with one attached hydrogen (secondary N) is 1. The molecule has 1 heterocycles. The van der Waals surface area contributed by atoms with Crippen molar-refractivity contribution in [2.45, 2.75) is 53.1 Å². The fourth-order valence-electron chi connectivity index (χ4n) is 2.43. The highest BCUT2D eigenvalue weighted by Gasteiger charge is 2.28. The molecule has 1 aromatic rings. The number of ether oxygens (including phenoxy) is 1. The van der Waals surface area contributed by atoms with Gasteiger partial charge in [-0.1, -0.05) is 13.8 Å². The van der Waals surface area contributed by atoms with E-state index in [1.807, 2.05) is 14.0 Å². The van der Waals surface area contributed by atoms with E-state index in [9.17, 15) is 0 Å². The van der Waals surface area contributed by atoms with Gasteiger partial charge in [0, 0.05) is 18.5 Å². The molecule has 0 aliphatic heterocycles. The maximum atomic E-state index is 5.61. The van der Waals surface area contributed by atoms with Crippen molar-refractivity contribution < 1.29 is 4.74 Å². The summed E-state index contributed by atoms with van der Waals surface area (Å²) in [7, 11) is 3.71. The fourth-order valence-corrected chi connectivity index (χ4v) is 2.43. The Morgan fingerprint density at radius 2 is 1.80 bits per heavy atom. The van der Waals surface area contributed by atoms with Crippen LogP contribution in [-0.2, 0) is 16.8 Å². The van der Waals surface area contributed by atoms with Crippen LogP contribution >= 0.6 is 0 Å². The Kier molecular flexibility index (Phi) is 6.08. The molecule has 0 saturated carbocycles. The summed E-state index contributed by atoms with van der Waals surface area (Å²) < 4.78 is 5.61. The molecule has 1 rings (SSSR count). The second-order valence-electron chi connectivity index (χ2n) is 5.85. The third-order valence-corrected chi connectivity index (χ3v) is 4.12. The van der Waals surface area contributed by atoms with Crippen LogP contribution in [0.1, 0.15) is 50.0 Å². The van der Waals surface area contributed by atoms with Crippen molar-refractivity contribution in [3.05, 3.63) is 22.8 Å².